The van der Waals surface area contributed by atoms with E-state index >= 15 is 0 Å². The van der Waals surface area contributed by atoms with Crippen molar-refractivity contribution in [1.29, 1.82) is 0 Å². The molecule has 8 heteroatoms. The zero-order valence-electron chi connectivity index (χ0n) is 9.59. The molecule has 0 saturated carbocycles. The maximum Gasteiger partial charge on any atom is 0.326 e. The average Bonchev–Trinajstić information content (AvgIpc) is 2.30. The molecule has 0 aromatic heterocycles. The van der Waals surface area contributed by atoms with Crippen LogP contribution in [-0.4, -0.2) is 34.2 Å². The second-order valence-corrected chi connectivity index (χ2v) is 3.59. The van der Waals surface area contributed by atoms with Crippen LogP contribution in [0.2, 0.25) is 0 Å². The van der Waals surface area contributed by atoms with Gasteiger partial charge in [-0.05, 0) is 24.3 Å². The number of nitrogens with one attached hydrogen (secondary N) is 2. The first-order valence-corrected chi connectivity index (χ1v) is 5.16. The highest BCUT2D eigenvalue weighted by Crippen LogP contribution is 2.08. The van der Waals surface area contributed by atoms with E-state index in [1.807, 2.05) is 5.32 Å². The lowest BCUT2D eigenvalue weighted by molar-refractivity contribution is -0.145. The lowest BCUT2D eigenvalue weighted by Crippen LogP contribution is -2.44. The molecule has 0 saturated heterocycles. The Morgan fingerprint density at radius 1 is 1.16 bits per heavy atom. The summed E-state index contributed by atoms with van der Waals surface area (Å²) in [6, 6.07) is 2.35. The molecule has 0 radical (unpaired) electrons. The van der Waals surface area contributed by atoms with Crippen LogP contribution in [0.25, 0.3) is 0 Å². The maximum atomic E-state index is 12.6. The number of carboxylic acid groups (broad SMARTS) is 2. The van der Waals surface area contributed by atoms with E-state index in [9.17, 15) is 18.8 Å². The maximum absolute atomic E-state index is 12.6. The quantitative estimate of drug-likeness (QED) is 0.633. The average molecular weight is 270 g/mol. The molecule has 1 atom stereocenters. The Hall–Kier alpha value is -2.64. The minimum atomic E-state index is -1.54. The molecule has 0 spiro atoms. The Morgan fingerprint density at radius 2 is 1.74 bits per heavy atom. The van der Waals surface area contributed by atoms with E-state index in [0.717, 1.165) is 12.1 Å². The number of aliphatic carboxylic acids is 2. The van der Waals surface area contributed by atoms with Gasteiger partial charge in [0, 0.05) is 5.69 Å². The number of urea groups is 1. The predicted octanol–water partition coefficient (Wildman–Crippen LogP) is 0.875. The number of amides is 2. The summed E-state index contributed by atoms with van der Waals surface area (Å²) >= 11 is 0. The number of carbonyl (C=O) groups excluding carboxylic acids is 1. The molecule has 0 fully saturated rings. The number of halogens is 1. The molecule has 0 aliphatic carbocycles. The van der Waals surface area contributed by atoms with Gasteiger partial charge in [-0.15, -0.1) is 0 Å². The van der Waals surface area contributed by atoms with E-state index in [-0.39, 0.29) is 5.69 Å². The zero-order chi connectivity index (χ0) is 14.4. The van der Waals surface area contributed by atoms with Gasteiger partial charge in [0.05, 0.1) is 6.42 Å². The second kappa shape index (κ2) is 6.34. The topological polar surface area (TPSA) is 116 Å². The summed E-state index contributed by atoms with van der Waals surface area (Å²) < 4.78 is 12.6. The summed E-state index contributed by atoms with van der Waals surface area (Å²) in [4.78, 5) is 32.5. The minimum Gasteiger partial charge on any atom is -0.481 e. The van der Waals surface area contributed by atoms with Gasteiger partial charge in [-0.1, -0.05) is 0 Å². The van der Waals surface area contributed by atoms with Gasteiger partial charge in [0.15, 0.2) is 0 Å². The van der Waals surface area contributed by atoms with Gasteiger partial charge in [0.1, 0.15) is 11.9 Å². The fraction of sp³-hybridized carbons (Fsp3) is 0.182. The standard InChI is InChI=1S/C11H11FN2O5/c12-6-1-3-7(4-2-6)13-11(19)14-8(10(17)18)5-9(15)16/h1-4,8H,5H2,(H,15,16)(H,17,18)(H2,13,14,19)/t8-/m0/s1. The Kier molecular flexibility index (Phi) is 4.81. The normalized spacial score (nSPS) is 11.4. The number of carboxylic acids is 2. The summed E-state index contributed by atoms with van der Waals surface area (Å²) in [6.45, 7) is 0. The van der Waals surface area contributed by atoms with Crippen molar-refractivity contribution < 1.29 is 29.0 Å². The van der Waals surface area contributed by atoms with E-state index in [4.69, 9.17) is 10.2 Å². The summed E-state index contributed by atoms with van der Waals surface area (Å²) in [5, 5.41) is 21.4. The summed E-state index contributed by atoms with van der Waals surface area (Å²) in [6.07, 6.45) is -0.744. The number of benzene rings is 1. The van der Waals surface area contributed by atoms with Crippen molar-refractivity contribution in [3.63, 3.8) is 0 Å². The van der Waals surface area contributed by atoms with Crippen molar-refractivity contribution in [1.82, 2.24) is 5.32 Å². The van der Waals surface area contributed by atoms with Crippen LogP contribution in [0.1, 0.15) is 6.42 Å². The molecule has 0 unspecified atom stereocenters. The van der Waals surface area contributed by atoms with Gasteiger partial charge in [0.25, 0.3) is 0 Å². The van der Waals surface area contributed by atoms with Gasteiger partial charge in [-0.3, -0.25) is 4.79 Å². The first-order chi connectivity index (χ1) is 8.88. The molecule has 1 aromatic carbocycles. The van der Waals surface area contributed by atoms with Crippen LogP contribution < -0.4 is 10.6 Å². The molecule has 1 rings (SSSR count). The third-order valence-corrected chi connectivity index (χ3v) is 2.08. The van der Waals surface area contributed by atoms with Gasteiger partial charge in [-0.25, -0.2) is 14.0 Å². The molecule has 102 valence electrons. The number of hydrogen-bond donors (Lipinski definition) is 4. The van der Waals surface area contributed by atoms with Crippen LogP contribution in [0.3, 0.4) is 0 Å². The monoisotopic (exact) mass is 270 g/mol. The Labute approximate surface area is 107 Å². The lowest BCUT2D eigenvalue weighted by Gasteiger charge is -2.13. The van der Waals surface area contributed by atoms with Crippen molar-refractivity contribution in [2.45, 2.75) is 12.5 Å². The molecule has 7 nitrogen and oxygen atoms in total. The molecule has 4 N–H and O–H groups in total. The van der Waals surface area contributed by atoms with Crippen molar-refractivity contribution in [2.75, 3.05) is 5.32 Å². The van der Waals surface area contributed by atoms with Crippen molar-refractivity contribution in [3.8, 4) is 0 Å². The highest BCUT2D eigenvalue weighted by Gasteiger charge is 2.22. The fourth-order valence-corrected chi connectivity index (χ4v) is 1.23. The first kappa shape index (κ1) is 14.4. The van der Waals surface area contributed by atoms with Crippen LogP contribution in [0, 0.1) is 5.82 Å². The molecule has 0 bridgehead atoms. The summed E-state index contributed by atoms with van der Waals surface area (Å²) in [7, 11) is 0. The highest BCUT2D eigenvalue weighted by molar-refractivity contribution is 5.93. The van der Waals surface area contributed by atoms with Crippen molar-refractivity contribution >= 4 is 23.7 Å². The van der Waals surface area contributed by atoms with Crippen LogP contribution >= 0.6 is 0 Å². The molecule has 19 heavy (non-hydrogen) atoms. The van der Waals surface area contributed by atoms with Crippen molar-refractivity contribution in [2.24, 2.45) is 0 Å². The summed E-state index contributed by atoms with van der Waals surface area (Å²) in [5.41, 5.74) is 0.248. The first-order valence-electron chi connectivity index (χ1n) is 5.16. The number of carbonyl (C=O) groups is 3. The number of hydrogen-bond acceptors (Lipinski definition) is 3. The SMILES string of the molecule is O=C(O)C[C@H](NC(=O)Nc1ccc(F)cc1)C(=O)O. The third-order valence-electron chi connectivity index (χ3n) is 2.08. The highest BCUT2D eigenvalue weighted by atomic mass is 19.1. The molecule has 2 amide bonds. The van der Waals surface area contributed by atoms with Crippen LogP contribution in [0.5, 0.6) is 0 Å². The van der Waals surface area contributed by atoms with Crippen molar-refractivity contribution in [3.05, 3.63) is 30.1 Å². The van der Waals surface area contributed by atoms with Crippen LogP contribution in [0.4, 0.5) is 14.9 Å². The summed E-state index contributed by atoms with van der Waals surface area (Å²) in [5.74, 6) is -3.30. The van der Waals surface area contributed by atoms with E-state index in [1.54, 1.807) is 0 Å². The van der Waals surface area contributed by atoms with E-state index in [0.29, 0.717) is 0 Å². The fourth-order valence-electron chi connectivity index (χ4n) is 1.23. The van der Waals surface area contributed by atoms with Crippen LogP contribution in [0.15, 0.2) is 24.3 Å². The van der Waals surface area contributed by atoms with Gasteiger partial charge < -0.3 is 20.8 Å². The Balaban J connectivity index is 2.59. The predicted molar refractivity (Wildman–Crippen MR) is 62.2 cm³/mol. The Bertz CT molecular complexity index is 488. The largest absolute Gasteiger partial charge is 0.481 e. The minimum absolute atomic E-state index is 0.248. The van der Waals surface area contributed by atoms with Gasteiger partial charge >= 0.3 is 18.0 Å². The lowest BCUT2D eigenvalue weighted by atomic mass is 10.2. The van der Waals surface area contributed by atoms with E-state index < -0.39 is 36.2 Å². The second-order valence-electron chi connectivity index (χ2n) is 3.59. The molecule has 1 aromatic rings. The van der Waals surface area contributed by atoms with Gasteiger partial charge in [-0.2, -0.15) is 0 Å². The van der Waals surface area contributed by atoms with E-state index in [2.05, 4.69) is 5.32 Å². The molecular formula is C11H11FN2O5. The van der Waals surface area contributed by atoms with Crippen LogP contribution in [-0.2, 0) is 9.59 Å². The zero-order valence-corrected chi connectivity index (χ0v) is 9.59. The van der Waals surface area contributed by atoms with Gasteiger partial charge in [0.2, 0.25) is 0 Å². The van der Waals surface area contributed by atoms with E-state index in [1.165, 1.54) is 12.1 Å². The molecule has 0 heterocycles. The molecular weight excluding hydrogens is 259 g/mol. The number of rotatable bonds is 5. The molecule has 0 aliphatic heterocycles. The third kappa shape index (κ3) is 5.02. The smallest absolute Gasteiger partial charge is 0.326 e. The Morgan fingerprint density at radius 3 is 2.21 bits per heavy atom. The molecule has 0 aliphatic rings. The number of anilines is 1.